The number of ether oxygens (including phenoxy) is 2. The molecule has 384 valence electrons. The van der Waals surface area contributed by atoms with Crippen molar-refractivity contribution in [2.24, 2.45) is 22.1 Å². The van der Waals surface area contributed by atoms with Crippen LogP contribution in [0.3, 0.4) is 0 Å². The number of primary sulfonamides is 2. The predicted octanol–water partition coefficient (Wildman–Crippen LogP) is 7.51. The molecule has 2 saturated heterocycles. The van der Waals surface area contributed by atoms with Crippen molar-refractivity contribution in [2.75, 3.05) is 19.3 Å². The number of nitrogens with two attached hydrogens (primary N) is 2. The average molecular weight is 1020 g/mol. The van der Waals surface area contributed by atoms with Crippen LogP contribution in [0.1, 0.15) is 131 Å². The predicted molar refractivity (Wildman–Crippen MR) is 262 cm³/mol. The monoisotopic (exact) mass is 1020 g/mol. The number of rotatable bonds is 13. The molecule has 6 rings (SSSR count). The molecule has 0 saturated carbocycles. The number of likely N-dealkylation sites (tertiary alicyclic amines) is 2. The van der Waals surface area contributed by atoms with Crippen molar-refractivity contribution in [3.05, 3.63) is 96.3 Å². The Bertz CT molecular complexity index is 2630. The first-order valence-electron chi connectivity index (χ1n) is 22.7. The fraction of sp³-hybridized carbons (Fsp3) is 0.574. The van der Waals surface area contributed by atoms with Crippen LogP contribution in [0.15, 0.2) is 95.2 Å². The van der Waals surface area contributed by atoms with Crippen LogP contribution in [0.2, 0.25) is 0 Å². The number of benzene rings is 2. The number of carbonyl (C=O) groups is 2. The van der Waals surface area contributed by atoms with E-state index in [0.29, 0.717) is 25.4 Å². The summed E-state index contributed by atoms with van der Waals surface area (Å²) in [4.78, 5) is 28.9. The lowest BCUT2D eigenvalue weighted by atomic mass is 9.90. The van der Waals surface area contributed by atoms with Gasteiger partial charge in [0.15, 0.2) is 10.1 Å². The summed E-state index contributed by atoms with van der Waals surface area (Å²) in [6, 6.07) is 21.8. The summed E-state index contributed by atoms with van der Waals surface area (Å²) in [7, 11) is -11.0. The summed E-state index contributed by atoms with van der Waals surface area (Å²) in [5.41, 5.74) is 0.221. The van der Waals surface area contributed by atoms with E-state index in [1.54, 1.807) is 15.8 Å². The zero-order chi connectivity index (χ0) is 51.8. The third kappa shape index (κ3) is 18.1. The fourth-order valence-electron chi connectivity index (χ4n) is 8.54. The minimum absolute atomic E-state index is 0.0671. The van der Waals surface area contributed by atoms with E-state index in [1.165, 1.54) is 18.3 Å². The van der Waals surface area contributed by atoms with Crippen molar-refractivity contribution < 1.29 is 48.5 Å². The Balaban J connectivity index is 0.000000256. The number of carbonyl (C=O) groups excluding carboxylic acids is 2. The van der Waals surface area contributed by atoms with Crippen LogP contribution in [-0.4, -0.2) is 109 Å². The Kier molecular flexibility index (Phi) is 18.5. The number of sulfonamides is 2. The number of nitrogens with zero attached hydrogens (tertiary/aromatic N) is 5. The van der Waals surface area contributed by atoms with Crippen LogP contribution in [0, 0.1) is 11.8 Å². The van der Waals surface area contributed by atoms with Gasteiger partial charge in [0.2, 0.25) is 0 Å². The Labute approximate surface area is 408 Å². The highest BCUT2D eigenvalue weighted by atomic mass is 32.2. The molecular weight excluding hydrogens is 949 g/mol. The molecule has 2 amide bonds. The number of hydrogen-bond donors (Lipinski definition) is 3. The van der Waals surface area contributed by atoms with Crippen molar-refractivity contribution >= 4 is 42.4 Å². The molecule has 5 N–H and O–H groups in total. The fourth-order valence-corrected chi connectivity index (χ4v) is 10.1. The lowest BCUT2D eigenvalue weighted by Crippen LogP contribution is -2.45. The molecule has 2 aromatic heterocycles. The van der Waals surface area contributed by atoms with Crippen molar-refractivity contribution in [2.45, 2.75) is 152 Å². The second-order valence-electron chi connectivity index (χ2n) is 20.9. The van der Waals surface area contributed by atoms with Crippen LogP contribution in [0.25, 0.3) is 0 Å². The van der Waals surface area contributed by atoms with Gasteiger partial charge in [0.05, 0.1) is 18.5 Å². The number of aromatic nitrogens is 4. The largest absolute Gasteiger partial charge is 0.444 e. The highest BCUT2D eigenvalue weighted by Gasteiger charge is 2.44. The number of aromatic amines is 1. The van der Waals surface area contributed by atoms with Crippen LogP contribution in [0.5, 0.6) is 0 Å². The van der Waals surface area contributed by atoms with E-state index >= 15 is 0 Å². The highest BCUT2D eigenvalue weighted by Crippen LogP contribution is 2.39. The van der Waals surface area contributed by atoms with E-state index in [1.807, 2.05) is 121 Å². The molecule has 4 heterocycles. The average Bonchev–Trinajstić information content (AvgIpc) is 4.03. The van der Waals surface area contributed by atoms with Gasteiger partial charge in [-0.05, 0) is 143 Å². The standard InChI is InChI=1S/C23H34N4O4S.C21H33NO5S.C3H5N3O2S/c1-22(2,3)31-21(28)26-16-17(15-23(26,4)5)11-12-19(18-9-7-6-8-10-18)27-14-13-20(25-27)32(24,29)30;1-20(2,3)26-19(23)22-15-16(14-21(22,4)5)12-13-18(27-28(6,24)25)17-10-8-7-9-11-17;4-9(7,8)3-1-2-5-6-3/h6-10,13-14,17,19H,11-12,15-16H2,1-5H3,(H2,24,29,30);7-11,16,18H,12-15H2,1-6H3;1-2H,(H,5,6)(H2,4,7,8)/t17-,19?;16-,18?;/m00./s1. The van der Waals surface area contributed by atoms with Gasteiger partial charge in [-0.2, -0.15) is 18.6 Å². The summed E-state index contributed by atoms with van der Waals surface area (Å²) in [6.07, 6.45) is 7.59. The Hall–Kier alpha value is -4.87. The SMILES string of the molecule is CC(C)(C)OC(=O)N1C[C@@H](CCC(OS(C)(=O)=O)c2ccccc2)CC1(C)C.CC(C)(C)OC(=O)N1C[C@@H](CCC(c2ccccc2)n2ccc(S(N)(=O)=O)n2)CC1(C)C.NS(=O)(=O)c1ccn[nH]1. The third-order valence-corrected chi connectivity index (χ3v) is 13.7. The topological polar surface area (TPSA) is 269 Å². The highest BCUT2D eigenvalue weighted by molar-refractivity contribution is 7.89. The lowest BCUT2D eigenvalue weighted by Gasteiger charge is -2.33. The van der Waals surface area contributed by atoms with Crippen LogP contribution in [0.4, 0.5) is 9.59 Å². The van der Waals surface area contributed by atoms with Gasteiger partial charge in [-0.3, -0.25) is 14.0 Å². The smallest absolute Gasteiger partial charge is 0.410 e. The molecule has 4 aromatic rings. The van der Waals surface area contributed by atoms with Crippen LogP contribution < -0.4 is 10.3 Å². The maximum atomic E-state index is 12.7. The second-order valence-corrected chi connectivity index (χ2v) is 25.5. The van der Waals surface area contributed by atoms with Gasteiger partial charge in [-0.15, -0.1) is 0 Å². The van der Waals surface area contributed by atoms with E-state index in [9.17, 15) is 34.8 Å². The molecule has 2 aliphatic heterocycles. The van der Waals surface area contributed by atoms with E-state index in [0.717, 1.165) is 49.5 Å². The zero-order valence-corrected chi connectivity index (χ0v) is 44.1. The summed E-state index contributed by atoms with van der Waals surface area (Å²) in [5.74, 6) is 0.564. The van der Waals surface area contributed by atoms with Crippen LogP contribution >= 0.6 is 0 Å². The van der Waals surface area contributed by atoms with Crippen molar-refractivity contribution in [3.63, 3.8) is 0 Å². The van der Waals surface area contributed by atoms with Gasteiger partial charge in [0, 0.05) is 30.4 Å². The van der Waals surface area contributed by atoms with E-state index in [4.69, 9.17) is 23.9 Å². The summed E-state index contributed by atoms with van der Waals surface area (Å²) in [5, 5.41) is 19.6. The molecule has 2 aliphatic rings. The van der Waals surface area contributed by atoms with Crippen LogP contribution in [-0.2, 0) is 43.8 Å². The molecule has 0 spiro atoms. The Morgan fingerprint density at radius 1 is 0.710 bits per heavy atom. The van der Waals surface area contributed by atoms with Crippen molar-refractivity contribution in [1.29, 1.82) is 0 Å². The maximum Gasteiger partial charge on any atom is 0.410 e. The first-order valence-corrected chi connectivity index (χ1v) is 27.6. The summed E-state index contributed by atoms with van der Waals surface area (Å²) >= 11 is 0. The zero-order valence-electron chi connectivity index (χ0n) is 41.7. The minimum Gasteiger partial charge on any atom is -0.444 e. The number of nitrogens with one attached hydrogen (secondary N) is 1. The van der Waals surface area contributed by atoms with Gasteiger partial charge < -0.3 is 19.3 Å². The molecular formula is C47H72N8O11S3. The molecule has 4 atom stereocenters. The number of H-pyrrole nitrogens is 1. The summed E-state index contributed by atoms with van der Waals surface area (Å²) < 4.78 is 85.8. The first kappa shape index (κ1) is 56.7. The molecule has 0 aliphatic carbocycles. The first-order chi connectivity index (χ1) is 31.6. The molecule has 2 aromatic carbocycles. The molecule has 22 heteroatoms. The third-order valence-electron chi connectivity index (χ3n) is 11.5. The Morgan fingerprint density at radius 3 is 1.55 bits per heavy atom. The van der Waals surface area contributed by atoms with E-state index in [-0.39, 0.29) is 45.3 Å². The van der Waals surface area contributed by atoms with Gasteiger partial charge in [-0.1, -0.05) is 60.7 Å². The number of amides is 2. The summed E-state index contributed by atoms with van der Waals surface area (Å²) in [6.45, 7) is 20.6. The molecule has 2 unspecified atom stereocenters. The van der Waals surface area contributed by atoms with Gasteiger partial charge >= 0.3 is 12.2 Å². The van der Waals surface area contributed by atoms with Gasteiger partial charge in [-0.25, -0.2) is 36.7 Å². The van der Waals surface area contributed by atoms with Crippen molar-refractivity contribution in [1.82, 2.24) is 29.8 Å². The maximum absolute atomic E-state index is 12.7. The molecule has 69 heavy (non-hydrogen) atoms. The number of hydrogen-bond acceptors (Lipinski definition) is 13. The van der Waals surface area contributed by atoms with Crippen molar-refractivity contribution in [3.8, 4) is 0 Å². The second kappa shape index (κ2) is 22.5. The molecule has 2 fully saturated rings. The quantitative estimate of drug-likeness (QED) is 0.110. The molecule has 19 nitrogen and oxygen atoms in total. The Morgan fingerprint density at radius 2 is 1.17 bits per heavy atom. The molecule has 0 radical (unpaired) electrons. The van der Waals surface area contributed by atoms with Gasteiger partial charge in [0.25, 0.3) is 30.2 Å². The molecule has 0 bridgehead atoms. The van der Waals surface area contributed by atoms with Gasteiger partial charge in [0.1, 0.15) is 17.3 Å². The normalized spacial score (nSPS) is 19.1. The van der Waals surface area contributed by atoms with E-state index < -0.39 is 47.5 Å². The minimum atomic E-state index is -3.87. The van der Waals surface area contributed by atoms with E-state index in [2.05, 4.69) is 29.1 Å². The lowest BCUT2D eigenvalue weighted by molar-refractivity contribution is 0.0118.